The summed E-state index contributed by atoms with van der Waals surface area (Å²) < 4.78 is 5.79. The summed E-state index contributed by atoms with van der Waals surface area (Å²) in [6, 6.07) is 6.15. The molecule has 0 spiro atoms. The molecular weight excluding hydrogens is 234 g/mol. The molecule has 0 bridgehead atoms. The van der Waals surface area contributed by atoms with Gasteiger partial charge in [-0.05, 0) is 49.9 Å². The molecule has 17 heavy (non-hydrogen) atoms. The summed E-state index contributed by atoms with van der Waals surface area (Å²) in [5, 5.41) is 9.54. The zero-order valence-corrected chi connectivity index (χ0v) is 11.0. The highest BCUT2D eigenvalue weighted by Crippen LogP contribution is 2.48. The summed E-state index contributed by atoms with van der Waals surface area (Å²) in [6.07, 6.45) is 2.80. The Morgan fingerprint density at radius 3 is 2.41 bits per heavy atom. The van der Waals surface area contributed by atoms with Crippen LogP contribution in [-0.4, -0.2) is 6.61 Å². The van der Waals surface area contributed by atoms with Gasteiger partial charge < -0.3 is 4.74 Å². The van der Waals surface area contributed by atoms with Crippen LogP contribution in [0.5, 0.6) is 5.75 Å². The van der Waals surface area contributed by atoms with Crippen LogP contribution in [0, 0.1) is 30.6 Å². The molecule has 0 heterocycles. The van der Waals surface area contributed by atoms with Crippen molar-refractivity contribution >= 4 is 11.6 Å². The van der Waals surface area contributed by atoms with Crippen LogP contribution in [0.25, 0.3) is 0 Å². The van der Waals surface area contributed by atoms with Gasteiger partial charge >= 0.3 is 0 Å². The molecule has 0 radical (unpaired) electrons. The highest BCUT2D eigenvalue weighted by molar-refractivity contribution is 6.32. The molecule has 1 aliphatic carbocycles. The number of nitriles is 1. The van der Waals surface area contributed by atoms with Crippen molar-refractivity contribution in [2.24, 2.45) is 5.41 Å². The molecule has 0 N–H and O–H groups in total. The van der Waals surface area contributed by atoms with E-state index in [0.29, 0.717) is 13.0 Å². The molecule has 3 heteroatoms. The van der Waals surface area contributed by atoms with Crippen LogP contribution >= 0.6 is 11.6 Å². The minimum atomic E-state index is 0.121. The van der Waals surface area contributed by atoms with Crippen molar-refractivity contribution in [2.45, 2.75) is 33.1 Å². The van der Waals surface area contributed by atoms with Gasteiger partial charge in [0.15, 0.2) is 0 Å². The Morgan fingerprint density at radius 1 is 1.35 bits per heavy atom. The molecular formula is C14H16ClNO. The van der Waals surface area contributed by atoms with Gasteiger partial charge in [-0.3, -0.25) is 0 Å². The molecule has 2 nitrogen and oxygen atoms in total. The minimum absolute atomic E-state index is 0.121. The predicted molar refractivity (Wildman–Crippen MR) is 68.3 cm³/mol. The van der Waals surface area contributed by atoms with Gasteiger partial charge in [-0.1, -0.05) is 11.6 Å². The fourth-order valence-electron chi connectivity index (χ4n) is 1.94. The normalized spacial score (nSPS) is 16.4. The molecule has 1 fully saturated rings. The van der Waals surface area contributed by atoms with Gasteiger partial charge in [0.1, 0.15) is 5.75 Å². The molecule has 0 amide bonds. The van der Waals surface area contributed by atoms with E-state index in [4.69, 9.17) is 21.6 Å². The third-order valence-electron chi connectivity index (χ3n) is 3.37. The number of rotatable bonds is 4. The van der Waals surface area contributed by atoms with Crippen LogP contribution in [0.2, 0.25) is 5.02 Å². The Bertz CT molecular complexity index is 449. The highest BCUT2D eigenvalue weighted by atomic mass is 35.5. The summed E-state index contributed by atoms with van der Waals surface area (Å²) >= 11 is 6.10. The molecule has 90 valence electrons. The standard InChI is InChI=1S/C14H16ClNO/c1-10-7-12(8-11(2)13(10)15)17-9-14(3-4-14)5-6-16/h7-8H,3-5,9H2,1-2H3. The van der Waals surface area contributed by atoms with Crippen molar-refractivity contribution in [3.8, 4) is 11.8 Å². The molecule has 1 aromatic carbocycles. The third-order valence-corrected chi connectivity index (χ3v) is 3.96. The van der Waals surface area contributed by atoms with Crippen molar-refractivity contribution in [3.63, 3.8) is 0 Å². The lowest BCUT2D eigenvalue weighted by Crippen LogP contribution is -2.12. The first-order chi connectivity index (χ1) is 8.06. The van der Waals surface area contributed by atoms with Gasteiger partial charge in [-0.15, -0.1) is 0 Å². The summed E-state index contributed by atoms with van der Waals surface area (Å²) in [5.41, 5.74) is 2.19. The zero-order valence-electron chi connectivity index (χ0n) is 10.2. The fraction of sp³-hybridized carbons (Fsp3) is 0.500. The van der Waals surface area contributed by atoms with E-state index in [9.17, 15) is 0 Å². The monoisotopic (exact) mass is 249 g/mol. The lowest BCUT2D eigenvalue weighted by atomic mass is 10.1. The SMILES string of the molecule is Cc1cc(OCC2(CC#N)CC2)cc(C)c1Cl. The van der Waals surface area contributed by atoms with E-state index in [1.54, 1.807) is 0 Å². The Morgan fingerprint density at radius 2 is 1.94 bits per heavy atom. The van der Waals surface area contributed by atoms with Crippen molar-refractivity contribution in [2.75, 3.05) is 6.61 Å². The largest absolute Gasteiger partial charge is 0.493 e. The first-order valence-corrected chi connectivity index (χ1v) is 6.21. The number of nitrogens with zero attached hydrogens (tertiary/aromatic N) is 1. The number of halogens is 1. The average Bonchev–Trinajstić information content (AvgIpc) is 3.04. The molecule has 0 unspecified atom stereocenters. The molecule has 1 aliphatic rings. The van der Waals surface area contributed by atoms with Crippen LogP contribution in [0.4, 0.5) is 0 Å². The van der Waals surface area contributed by atoms with Crippen molar-refractivity contribution < 1.29 is 4.74 Å². The van der Waals surface area contributed by atoms with Gasteiger partial charge in [-0.2, -0.15) is 5.26 Å². The fourth-order valence-corrected chi connectivity index (χ4v) is 2.05. The molecule has 0 atom stereocenters. The summed E-state index contributed by atoms with van der Waals surface area (Å²) in [5.74, 6) is 0.855. The van der Waals surface area contributed by atoms with Gasteiger partial charge in [0, 0.05) is 16.9 Å². The van der Waals surface area contributed by atoms with E-state index in [1.807, 2.05) is 26.0 Å². The van der Waals surface area contributed by atoms with Gasteiger partial charge in [0.25, 0.3) is 0 Å². The van der Waals surface area contributed by atoms with Crippen LogP contribution in [0.3, 0.4) is 0 Å². The maximum atomic E-state index is 8.74. The first kappa shape index (κ1) is 12.3. The second kappa shape index (κ2) is 4.58. The van der Waals surface area contributed by atoms with Crippen LogP contribution < -0.4 is 4.74 Å². The second-order valence-corrected chi connectivity index (χ2v) is 5.37. The predicted octanol–water partition coefficient (Wildman–Crippen LogP) is 4.03. The molecule has 0 aliphatic heterocycles. The Hall–Kier alpha value is -1.20. The Kier molecular flexibility index (Phi) is 3.31. The molecule has 2 rings (SSSR count). The van der Waals surface area contributed by atoms with E-state index in [-0.39, 0.29) is 5.41 Å². The lowest BCUT2D eigenvalue weighted by Gasteiger charge is -2.14. The van der Waals surface area contributed by atoms with Crippen LogP contribution in [0.1, 0.15) is 30.4 Å². The van der Waals surface area contributed by atoms with Crippen LogP contribution in [-0.2, 0) is 0 Å². The summed E-state index contributed by atoms with van der Waals surface area (Å²) in [4.78, 5) is 0. The Labute approximate surface area is 107 Å². The van der Waals surface area contributed by atoms with E-state index in [1.165, 1.54) is 0 Å². The smallest absolute Gasteiger partial charge is 0.119 e. The van der Waals surface area contributed by atoms with Gasteiger partial charge in [0.2, 0.25) is 0 Å². The number of benzene rings is 1. The molecule has 0 saturated heterocycles. The van der Waals surface area contributed by atoms with Crippen molar-refractivity contribution in [1.29, 1.82) is 5.26 Å². The van der Waals surface area contributed by atoms with Crippen LogP contribution in [0.15, 0.2) is 12.1 Å². The zero-order chi connectivity index (χ0) is 12.5. The molecule has 1 saturated carbocycles. The van der Waals surface area contributed by atoms with Gasteiger partial charge in [0.05, 0.1) is 12.7 Å². The number of hydrogen-bond acceptors (Lipinski definition) is 2. The van der Waals surface area contributed by atoms with Gasteiger partial charge in [-0.25, -0.2) is 0 Å². The number of hydrogen-bond donors (Lipinski definition) is 0. The lowest BCUT2D eigenvalue weighted by molar-refractivity contribution is 0.236. The Balaban J connectivity index is 2.03. The maximum absolute atomic E-state index is 8.74. The number of ether oxygens (including phenoxy) is 1. The van der Waals surface area contributed by atoms with Crippen molar-refractivity contribution in [1.82, 2.24) is 0 Å². The quantitative estimate of drug-likeness (QED) is 0.807. The summed E-state index contributed by atoms with van der Waals surface area (Å²) in [7, 11) is 0. The topological polar surface area (TPSA) is 33.0 Å². The van der Waals surface area contributed by atoms with E-state index in [0.717, 1.165) is 34.7 Å². The highest BCUT2D eigenvalue weighted by Gasteiger charge is 2.43. The maximum Gasteiger partial charge on any atom is 0.119 e. The average molecular weight is 250 g/mol. The third kappa shape index (κ3) is 2.73. The minimum Gasteiger partial charge on any atom is -0.493 e. The number of aryl methyl sites for hydroxylation is 2. The molecule has 0 aromatic heterocycles. The molecule has 1 aromatic rings. The first-order valence-electron chi connectivity index (χ1n) is 5.83. The second-order valence-electron chi connectivity index (χ2n) is 4.99. The van der Waals surface area contributed by atoms with E-state index >= 15 is 0 Å². The van der Waals surface area contributed by atoms with E-state index < -0.39 is 0 Å². The van der Waals surface area contributed by atoms with E-state index in [2.05, 4.69) is 6.07 Å². The van der Waals surface area contributed by atoms with Crippen molar-refractivity contribution in [3.05, 3.63) is 28.3 Å². The summed E-state index contributed by atoms with van der Waals surface area (Å²) in [6.45, 7) is 4.59.